The van der Waals surface area contributed by atoms with Crippen LogP contribution in [0.4, 0.5) is 0 Å². The van der Waals surface area contributed by atoms with Crippen molar-refractivity contribution in [1.29, 1.82) is 0 Å². The maximum atomic E-state index is 5.30. The highest BCUT2D eigenvalue weighted by molar-refractivity contribution is 6.11. The van der Waals surface area contributed by atoms with Gasteiger partial charge in [-0.2, -0.15) is 0 Å². The maximum Gasteiger partial charge on any atom is 0.138 e. The van der Waals surface area contributed by atoms with Gasteiger partial charge >= 0.3 is 0 Å². The van der Waals surface area contributed by atoms with E-state index in [2.05, 4.69) is 152 Å². The summed E-state index contributed by atoms with van der Waals surface area (Å²) < 4.78 is 2.36. The molecule has 7 aromatic rings. The smallest absolute Gasteiger partial charge is 0.138 e. The first-order valence-corrected chi connectivity index (χ1v) is 13.9. The summed E-state index contributed by atoms with van der Waals surface area (Å²) >= 11 is 0. The third kappa shape index (κ3) is 3.32. The molecule has 1 aliphatic rings. The zero-order valence-corrected chi connectivity index (χ0v) is 22.6. The highest BCUT2D eigenvalue weighted by Crippen LogP contribution is 2.51. The van der Waals surface area contributed by atoms with Crippen molar-refractivity contribution >= 4 is 21.8 Å². The van der Waals surface area contributed by atoms with Gasteiger partial charge < -0.3 is 0 Å². The van der Waals surface area contributed by atoms with Gasteiger partial charge in [0.1, 0.15) is 5.82 Å². The van der Waals surface area contributed by atoms with E-state index in [1.165, 1.54) is 49.6 Å². The molecule has 0 saturated heterocycles. The van der Waals surface area contributed by atoms with Gasteiger partial charge in [-0.15, -0.1) is 0 Å². The summed E-state index contributed by atoms with van der Waals surface area (Å²) in [7, 11) is 0. The van der Waals surface area contributed by atoms with Crippen LogP contribution in [-0.4, -0.2) is 9.55 Å². The molecule has 0 N–H and O–H groups in total. The summed E-state index contributed by atoms with van der Waals surface area (Å²) in [6.45, 7) is 4.69. The van der Waals surface area contributed by atoms with E-state index in [-0.39, 0.29) is 5.41 Å². The zero-order valence-electron chi connectivity index (χ0n) is 22.6. The predicted molar refractivity (Wildman–Crippen MR) is 167 cm³/mol. The number of pyridine rings is 1. The Morgan fingerprint density at radius 2 is 1.18 bits per heavy atom. The number of fused-ring (bicyclic) bond motifs is 6. The number of benzene rings is 5. The molecule has 0 amide bonds. The summed E-state index contributed by atoms with van der Waals surface area (Å²) in [5.41, 5.74) is 12.2. The van der Waals surface area contributed by atoms with Gasteiger partial charge in [-0.3, -0.25) is 4.57 Å². The average Bonchev–Trinajstić information content (AvgIpc) is 3.45. The Kier molecular flexibility index (Phi) is 4.90. The van der Waals surface area contributed by atoms with Crippen molar-refractivity contribution in [3.63, 3.8) is 0 Å². The van der Waals surface area contributed by atoms with Gasteiger partial charge in [-0.25, -0.2) is 4.98 Å². The van der Waals surface area contributed by atoms with Gasteiger partial charge in [0.25, 0.3) is 0 Å². The Balaban J connectivity index is 1.47. The monoisotopic (exact) mass is 512 g/mol. The third-order valence-electron chi connectivity index (χ3n) is 8.59. The maximum absolute atomic E-state index is 5.30. The van der Waals surface area contributed by atoms with Crippen LogP contribution in [0.1, 0.15) is 25.0 Å². The minimum Gasteiger partial charge on any atom is -0.294 e. The van der Waals surface area contributed by atoms with Crippen molar-refractivity contribution in [3.05, 3.63) is 145 Å². The minimum atomic E-state index is -0.0464. The molecule has 0 atom stereocenters. The molecular formula is C38H28N2. The molecule has 2 nitrogen and oxygen atoms in total. The van der Waals surface area contributed by atoms with Crippen LogP contribution in [0.25, 0.3) is 61.1 Å². The predicted octanol–water partition coefficient (Wildman–Crippen LogP) is 9.82. The third-order valence-corrected chi connectivity index (χ3v) is 8.59. The molecule has 40 heavy (non-hydrogen) atoms. The van der Waals surface area contributed by atoms with Gasteiger partial charge in [-0.05, 0) is 63.7 Å². The molecule has 0 radical (unpaired) electrons. The molecule has 2 heterocycles. The van der Waals surface area contributed by atoms with E-state index in [1.807, 2.05) is 0 Å². The Morgan fingerprint density at radius 1 is 0.500 bits per heavy atom. The van der Waals surface area contributed by atoms with Crippen molar-refractivity contribution in [2.24, 2.45) is 0 Å². The lowest BCUT2D eigenvalue weighted by Gasteiger charge is -2.21. The second kappa shape index (κ2) is 8.53. The van der Waals surface area contributed by atoms with Gasteiger partial charge in [0.15, 0.2) is 0 Å². The van der Waals surface area contributed by atoms with Crippen LogP contribution < -0.4 is 0 Å². The summed E-state index contributed by atoms with van der Waals surface area (Å²) in [5, 5.41) is 2.52. The minimum absolute atomic E-state index is 0.0464. The molecule has 190 valence electrons. The fourth-order valence-corrected chi connectivity index (χ4v) is 6.59. The molecule has 2 aromatic heterocycles. The van der Waals surface area contributed by atoms with Gasteiger partial charge in [0.2, 0.25) is 0 Å². The molecule has 0 saturated carbocycles. The van der Waals surface area contributed by atoms with Crippen LogP contribution in [0.5, 0.6) is 0 Å². The molecule has 5 aromatic carbocycles. The van der Waals surface area contributed by atoms with Crippen molar-refractivity contribution in [3.8, 4) is 39.3 Å². The number of nitrogens with zero attached hydrogens (tertiary/aromatic N) is 2. The Labute approximate surface area is 234 Å². The second-order valence-corrected chi connectivity index (χ2v) is 11.3. The van der Waals surface area contributed by atoms with E-state index >= 15 is 0 Å². The molecule has 1 aliphatic carbocycles. The molecule has 2 heteroatoms. The van der Waals surface area contributed by atoms with E-state index in [0.717, 1.165) is 22.6 Å². The molecule has 0 aliphatic heterocycles. The highest BCUT2D eigenvalue weighted by atomic mass is 15.1. The normalized spacial score (nSPS) is 13.4. The van der Waals surface area contributed by atoms with Crippen LogP contribution in [-0.2, 0) is 5.41 Å². The first-order chi connectivity index (χ1) is 19.6. The van der Waals surface area contributed by atoms with E-state index in [0.29, 0.717) is 0 Å². The Bertz CT molecular complexity index is 2010. The van der Waals surface area contributed by atoms with E-state index in [9.17, 15) is 0 Å². The molecule has 0 spiro atoms. The topological polar surface area (TPSA) is 17.8 Å². The lowest BCUT2D eigenvalue weighted by molar-refractivity contribution is 0.661. The lowest BCUT2D eigenvalue weighted by atomic mass is 9.82. The number of aromatic nitrogens is 2. The molecule has 0 fully saturated rings. The SMILES string of the molecule is CC1(C)c2ccccc2-c2cc3c(cc21)c1ccccc1n3-c1cc(-c2ccccc2)cc(-c2ccccc2)n1. The first-order valence-electron chi connectivity index (χ1n) is 13.9. The summed E-state index contributed by atoms with van der Waals surface area (Å²) in [6, 6.07) is 48.0. The van der Waals surface area contributed by atoms with E-state index in [4.69, 9.17) is 4.98 Å². The van der Waals surface area contributed by atoms with Crippen LogP contribution in [0.15, 0.2) is 133 Å². The van der Waals surface area contributed by atoms with Gasteiger partial charge in [0.05, 0.1) is 16.7 Å². The molecule has 0 unspecified atom stereocenters. The van der Waals surface area contributed by atoms with Crippen LogP contribution >= 0.6 is 0 Å². The average molecular weight is 513 g/mol. The highest BCUT2D eigenvalue weighted by Gasteiger charge is 2.36. The van der Waals surface area contributed by atoms with Gasteiger partial charge in [0, 0.05) is 21.8 Å². The van der Waals surface area contributed by atoms with Crippen LogP contribution in [0, 0.1) is 0 Å². The fourth-order valence-electron chi connectivity index (χ4n) is 6.59. The van der Waals surface area contributed by atoms with Crippen molar-refractivity contribution in [1.82, 2.24) is 9.55 Å². The van der Waals surface area contributed by atoms with Crippen LogP contribution in [0.3, 0.4) is 0 Å². The van der Waals surface area contributed by atoms with Crippen molar-refractivity contribution in [2.75, 3.05) is 0 Å². The van der Waals surface area contributed by atoms with E-state index < -0.39 is 0 Å². The number of para-hydroxylation sites is 1. The van der Waals surface area contributed by atoms with Crippen LogP contribution in [0.2, 0.25) is 0 Å². The Hall–Kier alpha value is -4.95. The van der Waals surface area contributed by atoms with Gasteiger partial charge in [-0.1, -0.05) is 117 Å². The largest absolute Gasteiger partial charge is 0.294 e. The van der Waals surface area contributed by atoms with Crippen molar-refractivity contribution in [2.45, 2.75) is 19.3 Å². The molecule has 8 rings (SSSR count). The first kappa shape index (κ1) is 23.0. The number of hydrogen-bond donors (Lipinski definition) is 0. The quantitative estimate of drug-likeness (QED) is 0.230. The Morgan fingerprint density at radius 3 is 1.98 bits per heavy atom. The summed E-state index contributed by atoms with van der Waals surface area (Å²) in [4.78, 5) is 5.30. The number of rotatable bonds is 3. The van der Waals surface area contributed by atoms with Crippen molar-refractivity contribution < 1.29 is 0 Å². The lowest BCUT2D eigenvalue weighted by Crippen LogP contribution is -2.14. The second-order valence-electron chi connectivity index (χ2n) is 11.3. The zero-order chi connectivity index (χ0) is 26.8. The fraction of sp³-hybridized carbons (Fsp3) is 0.0789. The number of hydrogen-bond acceptors (Lipinski definition) is 1. The summed E-state index contributed by atoms with van der Waals surface area (Å²) in [6.07, 6.45) is 0. The molecule has 0 bridgehead atoms. The molecular weight excluding hydrogens is 484 g/mol. The van der Waals surface area contributed by atoms with E-state index in [1.54, 1.807) is 0 Å². The standard InChI is InChI=1S/C38H28N2/c1-38(2)32-19-11-9-17-28(32)30-24-36-31(23-33(30)38)29-18-10-12-20-35(29)40(36)37-22-27(25-13-5-3-6-14-25)21-34(39-37)26-15-7-4-8-16-26/h3-24H,1-2H3. The summed E-state index contributed by atoms with van der Waals surface area (Å²) in [5.74, 6) is 0.928.